The van der Waals surface area contributed by atoms with Crippen molar-refractivity contribution in [2.45, 2.75) is 6.92 Å². The van der Waals surface area contributed by atoms with Gasteiger partial charge in [-0.25, -0.2) is 9.97 Å². The second-order valence-corrected chi connectivity index (χ2v) is 5.53. The highest BCUT2D eigenvalue weighted by Crippen LogP contribution is 2.33. The minimum absolute atomic E-state index is 0.220. The summed E-state index contributed by atoms with van der Waals surface area (Å²) in [5.74, 6) is -1.03. The average molecular weight is 313 g/mol. The highest BCUT2D eigenvalue weighted by atomic mass is 32.1. The van der Waals surface area contributed by atoms with Gasteiger partial charge in [-0.15, -0.1) is 11.3 Å². The minimum Gasteiger partial charge on any atom is -0.365 e. The summed E-state index contributed by atoms with van der Waals surface area (Å²) in [5.41, 5.74) is 7.18. The molecule has 22 heavy (non-hydrogen) atoms. The van der Waals surface area contributed by atoms with E-state index in [4.69, 9.17) is 5.73 Å². The van der Waals surface area contributed by atoms with Gasteiger partial charge in [-0.2, -0.15) is 0 Å². The third-order valence-corrected chi connectivity index (χ3v) is 4.01. The largest absolute Gasteiger partial charge is 0.365 e. The summed E-state index contributed by atoms with van der Waals surface area (Å²) >= 11 is 1.10. The number of rotatable bonds is 3. The Balaban J connectivity index is 2.09. The molecular formula is C14H11N5O2S. The maximum atomic E-state index is 12.3. The zero-order chi connectivity index (χ0) is 15.7. The van der Waals surface area contributed by atoms with Crippen LogP contribution < -0.4 is 11.1 Å². The zero-order valence-corrected chi connectivity index (χ0v) is 12.3. The molecule has 0 unspecified atom stereocenters. The molecule has 2 amide bonds. The van der Waals surface area contributed by atoms with Gasteiger partial charge in [-0.3, -0.25) is 14.6 Å². The maximum absolute atomic E-state index is 12.3. The highest BCUT2D eigenvalue weighted by Gasteiger charge is 2.21. The van der Waals surface area contributed by atoms with Crippen molar-refractivity contribution >= 4 is 39.2 Å². The molecule has 0 radical (unpaired) electrons. The van der Waals surface area contributed by atoms with Crippen LogP contribution in [0, 0.1) is 6.92 Å². The Hall–Kier alpha value is -2.87. The van der Waals surface area contributed by atoms with Gasteiger partial charge in [0.05, 0.1) is 16.9 Å². The molecule has 3 heterocycles. The first-order chi connectivity index (χ1) is 10.6. The Kier molecular flexibility index (Phi) is 3.51. The van der Waals surface area contributed by atoms with Crippen molar-refractivity contribution in [2.24, 2.45) is 5.73 Å². The van der Waals surface area contributed by atoms with E-state index in [1.54, 1.807) is 31.5 Å². The van der Waals surface area contributed by atoms with Crippen molar-refractivity contribution in [2.75, 3.05) is 5.32 Å². The molecule has 3 aromatic heterocycles. The van der Waals surface area contributed by atoms with Gasteiger partial charge in [0, 0.05) is 18.6 Å². The van der Waals surface area contributed by atoms with Crippen LogP contribution >= 0.6 is 11.3 Å². The number of nitrogens with two attached hydrogens (primary N) is 1. The first-order valence-electron chi connectivity index (χ1n) is 6.33. The predicted molar refractivity (Wildman–Crippen MR) is 82.9 cm³/mol. The van der Waals surface area contributed by atoms with E-state index in [0.717, 1.165) is 11.3 Å². The van der Waals surface area contributed by atoms with Gasteiger partial charge in [-0.1, -0.05) is 0 Å². The first-order valence-corrected chi connectivity index (χ1v) is 7.15. The quantitative estimate of drug-likeness (QED) is 0.765. The topological polar surface area (TPSA) is 111 Å². The molecule has 0 aromatic carbocycles. The summed E-state index contributed by atoms with van der Waals surface area (Å²) in [6.07, 6.45) is 4.60. The lowest BCUT2D eigenvalue weighted by molar-refractivity contribution is 0.100. The Morgan fingerprint density at radius 2 is 2.14 bits per heavy atom. The average Bonchev–Trinajstić information content (AvgIpc) is 2.86. The molecule has 110 valence electrons. The monoisotopic (exact) mass is 313 g/mol. The molecule has 3 rings (SSSR count). The molecule has 0 aliphatic rings. The Bertz CT molecular complexity index is 876. The van der Waals surface area contributed by atoms with Crippen LogP contribution in [0.4, 0.5) is 5.69 Å². The maximum Gasteiger partial charge on any atom is 0.261 e. The molecule has 0 aliphatic carbocycles. The molecule has 3 N–H and O–H groups in total. The van der Waals surface area contributed by atoms with E-state index in [-0.39, 0.29) is 10.6 Å². The van der Waals surface area contributed by atoms with Crippen LogP contribution in [-0.2, 0) is 0 Å². The van der Waals surface area contributed by atoms with Crippen molar-refractivity contribution < 1.29 is 9.59 Å². The standard InChI is InChI=1S/C14H11N5O2S/c1-7-5-17-14-10(18-7)9(11(22-14)12(15)20)19-13(21)8-3-2-4-16-6-8/h2-6H,1H3,(H2,15,20)(H,19,21). The molecule has 0 fully saturated rings. The van der Waals surface area contributed by atoms with Gasteiger partial charge in [0.15, 0.2) is 0 Å². The zero-order valence-electron chi connectivity index (χ0n) is 11.5. The van der Waals surface area contributed by atoms with E-state index >= 15 is 0 Å². The number of aromatic nitrogens is 3. The van der Waals surface area contributed by atoms with E-state index in [1.807, 2.05) is 0 Å². The third-order valence-electron chi connectivity index (χ3n) is 2.91. The summed E-state index contributed by atoms with van der Waals surface area (Å²) in [5, 5.41) is 2.69. The van der Waals surface area contributed by atoms with E-state index < -0.39 is 11.8 Å². The Morgan fingerprint density at radius 1 is 1.32 bits per heavy atom. The normalized spacial score (nSPS) is 10.6. The molecule has 7 nitrogen and oxygen atoms in total. The van der Waals surface area contributed by atoms with Crippen LogP contribution in [0.15, 0.2) is 30.7 Å². The molecule has 3 aromatic rings. The van der Waals surface area contributed by atoms with E-state index in [9.17, 15) is 9.59 Å². The van der Waals surface area contributed by atoms with Gasteiger partial charge in [0.25, 0.3) is 11.8 Å². The number of primary amides is 1. The number of hydrogen-bond donors (Lipinski definition) is 2. The lowest BCUT2D eigenvalue weighted by atomic mass is 10.2. The number of thiophene rings is 1. The van der Waals surface area contributed by atoms with Gasteiger partial charge < -0.3 is 11.1 Å². The molecule has 0 saturated carbocycles. The molecular weight excluding hydrogens is 302 g/mol. The molecule has 0 bridgehead atoms. The Morgan fingerprint density at radius 3 is 2.82 bits per heavy atom. The lowest BCUT2D eigenvalue weighted by Crippen LogP contribution is -2.17. The number of fused-ring (bicyclic) bond motifs is 1. The summed E-state index contributed by atoms with van der Waals surface area (Å²) < 4.78 is 0. The van der Waals surface area contributed by atoms with Crippen molar-refractivity contribution in [1.82, 2.24) is 15.0 Å². The van der Waals surface area contributed by atoms with Crippen LogP contribution in [0.1, 0.15) is 25.7 Å². The first kappa shape index (κ1) is 14.1. The van der Waals surface area contributed by atoms with Crippen molar-refractivity contribution in [1.29, 1.82) is 0 Å². The molecule has 0 saturated heterocycles. The number of amides is 2. The number of pyridine rings is 1. The number of nitrogens with one attached hydrogen (secondary N) is 1. The summed E-state index contributed by atoms with van der Waals surface area (Å²) in [6.45, 7) is 1.78. The van der Waals surface area contributed by atoms with Gasteiger partial charge in [0.2, 0.25) is 0 Å². The minimum atomic E-state index is -0.635. The summed E-state index contributed by atoms with van der Waals surface area (Å²) in [6, 6.07) is 3.28. The number of carbonyl (C=O) groups is 2. The second kappa shape index (κ2) is 5.49. The van der Waals surface area contributed by atoms with E-state index in [1.165, 1.54) is 6.20 Å². The molecule has 0 atom stereocenters. The number of aryl methyl sites for hydroxylation is 1. The van der Waals surface area contributed by atoms with Crippen LogP contribution in [0.2, 0.25) is 0 Å². The number of nitrogens with zero attached hydrogens (tertiary/aromatic N) is 3. The third kappa shape index (κ3) is 2.51. The van der Waals surface area contributed by atoms with Gasteiger partial charge >= 0.3 is 0 Å². The van der Waals surface area contributed by atoms with Crippen LogP contribution in [0.5, 0.6) is 0 Å². The van der Waals surface area contributed by atoms with Crippen LogP contribution in [0.3, 0.4) is 0 Å². The fourth-order valence-corrected chi connectivity index (χ4v) is 2.82. The fourth-order valence-electron chi connectivity index (χ4n) is 1.93. The smallest absolute Gasteiger partial charge is 0.261 e. The van der Waals surface area contributed by atoms with Crippen molar-refractivity contribution in [3.8, 4) is 0 Å². The predicted octanol–water partition coefficient (Wildman–Crippen LogP) is 1.75. The van der Waals surface area contributed by atoms with E-state index in [2.05, 4.69) is 20.3 Å². The van der Waals surface area contributed by atoms with Crippen molar-refractivity contribution in [3.05, 3.63) is 46.9 Å². The fraction of sp³-hybridized carbons (Fsp3) is 0.0714. The summed E-state index contributed by atoms with van der Waals surface area (Å²) in [7, 11) is 0. The van der Waals surface area contributed by atoms with E-state index in [0.29, 0.717) is 21.6 Å². The van der Waals surface area contributed by atoms with Gasteiger partial charge in [0.1, 0.15) is 15.2 Å². The number of anilines is 1. The molecule has 8 heteroatoms. The van der Waals surface area contributed by atoms with Gasteiger partial charge in [-0.05, 0) is 19.1 Å². The molecule has 0 aliphatic heterocycles. The lowest BCUT2D eigenvalue weighted by Gasteiger charge is -2.05. The highest BCUT2D eigenvalue weighted by molar-refractivity contribution is 7.21. The van der Waals surface area contributed by atoms with Crippen LogP contribution in [0.25, 0.3) is 10.3 Å². The Labute approximate surface area is 129 Å². The SMILES string of the molecule is Cc1cnc2sc(C(N)=O)c(NC(=O)c3cccnc3)c2n1. The summed E-state index contributed by atoms with van der Waals surface area (Å²) in [4.78, 5) is 37.1. The number of carbonyl (C=O) groups excluding carboxylic acids is 2. The second-order valence-electron chi connectivity index (χ2n) is 4.53. The van der Waals surface area contributed by atoms with Crippen LogP contribution in [-0.4, -0.2) is 26.8 Å². The molecule has 0 spiro atoms. The van der Waals surface area contributed by atoms with Crippen molar-refractivity contribution in [3.63, 3.8) is 0 Å². The number of hydrogen-bond acceptors (Lipinski definition) is 6.